The SMILES string of the molecule is COc1cc2c(=O)[nH]c(CCl)nc2cn1. The van der Waals surface area contributed by atoms with Crippen LogP contribution < -0.4 is 10.3 Å². The Morgan fingerprint density at radius 3 is 3.07 bits per heavy atom. The van der Waals surface area contributed by atoms with E-state index < -0.39 is 0 Å². The molecule has 15 heavy (non-hydrogen) atoms. The Kier molecular flexibility index (Phi) is 2.55. The van der Waals surface area contributed by atoms with Gasteiger partial charge in [0.25, 0.3) is 5.56 Å². The van der Waals surface area contributed by atoms with Crippen molar-refractivity contribution in [2.75, 3.05) is 7.11 Å². The highest BCUT2D eigenvalue weighted by Crippen LogP contribution is 2.12. The van der Waals surface area contributed by atoms with E-state index in [4.69, 9.17) is 16.3 Å². The molecule has 0 bridgehead atoms. The van der Waals surface area contributed by atoms with Crippen molar-refractivity contribution in [1.29, 1.82) is 0 Å². The number of hydrogen-bond acceptors (Lipinski definition) is 4. The Labute approximate surface area is 90.1 Å². The second-order valence-electron chi connectivity index (χ2n) is 2.89. The molecular weight excluding hydrogens is 218 g/mol. The molecule has 6 heteroatoms. The lowest BCUT2D eigenvalue weighted by Crippen LogP contribution is -2.11. The Balaban J connectivity index is 2.74. The van der Waals surface area contributed by atoms with Gasteiger partial charge in [-0.15, -0.1) is 11.6 Å². The molecule has 0 saturated carbocycles. The lowest BCUT2D eigenvalue weighted by atomic mass is 10.3. The molecule has 2 rings (SSSR count). The molecule has 0 radical (unpaired) electrons. The van der Waals surface area contributed by atoms with Gasteiger partial charge in [-0.3, -0.25) is 4.79 Å². The standard InChI is InChI=1S/C9H8ClN3O2/c1-15-8-2-5-6(4-11-8)12-7(3-10)13-9(5)14/h2,4H,3H2,1H3,(H,12,13,14). The minimum atomic E-state index is -0.239. The third-order valence-electron chi connectivity index (χ3n) is 1.95. The van der Waals surface area contributed by atoms with E-state index in [9.17, 15) is 4.79 Å². The molecule has 0 unspecified atom stereocenters. The Bertz CT molecular complexity index is 553. The van der Waals surface area contributed by atoms with Crippen LogP contribution in [0.3, 0.4) is 0 Å². The molecule has 0 aliphatic carbocycles. The number of aromatic nitrogens is 3. The molecule has 2 aromatic rings. The van der Waals surface area contributed by atoms with E-state index in [2.05, 4.69) is 15.0 Å². The highest BCUT2D eigenvalue weighted by molar-refractivity contribution is 6.16. The summed E-state index contributed by atoms with van der Waals surface area (Å²) >= 11 is 5.58. The first-order chi connectivity index (χ1) is 7.24. The molecule has 0 atom stereocenters. The van der Waals surface area contributed by atoms with Crippen molar-refractivity contribution in [2.24, 2.45) is 0 Å². The zero-order chi connectivity index (χ0) is 10.8. The molecular formula is C9H8ClN3O2. The van der Waals surface area contributed by atoms with Crippen molar-refractivity contribution in [3.8, 4) is 5.88 Å². The Morgan fingerprint density at radius 1 is 1.60 bits per heavy atom. The summed E-state index contributed by atoms with van der Waals surface area (Å²) in [6.45, 7) is 0. The highest BCUT2D eigenvalue weighted by atomic mass is 35.5. The molecule has 1 N–H and O–H groups in total. The summed E-state index contributed by atoms with van der Waals surface area (Å²) in [5.74, 6) is 0.978. The quantitative estimate of drug-likeness (QED) is 0.777. The van der Waals surface area contributed by atoms with Gasteiger partial charge in [-0.1, -0.05) is 0 Å². The van der Waals surface area contributed by atoms with Crippen LogP contribution in [0, 0.1) is 0 Å². The van der Waals surface area contributed by atoms with Gasteiger partial charge in [0.1, 0.15) is 5.82 Å². The summed E-state index contributed by atoms with van der Waals surface area (Å²) in [7, 11) is 1.49. The van der Waals surface area contributed by atoms with Crippen molar-refractivity contribution in [2.45, 2.75) is 5.88 Å². The predicted octanol–water partition coefficient (Wildman–Crippen LogP) is 1.07. The van der Waals surface area contributed by atoms with Crippen molar-refractivity contribution >= 4 is 22.5 Å². The zero-order valence-corrected chi connectivity index (χ0v) is 8.71. The fourth-order valence-corrected chi connectivity index (χ4v) is 1.37. The van der Waals surface area contributed by atoms with E-state index in [0.717, 1.165) is 0 Å². The van der Waals surface area contributed by atoms with E-state index in [1.54, 1.807) is 6.07 Å². The number of halogens is 1. The molecule has 0 saturated heterocycles. The number of nitrogens with zero attached hydrogens (tertiary/aromatic N) is 2. The lowest BCUT2D eigenvalue weighted by Gasteiger charge is -2.01. The monoisotopic (exact) mass is 225 g/mol. The fraction of sp³-hybridized carbons (Fsp3) is 0.222. The average molecular weight is 226 g/mol. The van der Waals surface area contributed by atoms with Crippen LogP contribution in [0.2, 0.25) is 0 Å². The van der Waals surface area contributed by atoms with E-state index in [1.165, 1.54) is 13.3 Å². The average Bonchev–Trinajstić information content (AvgIpc) is 2.28. The molecule has 2 heterocycles. The van der Waals surface area contributed by atoms with E-state index >= 15 is 0 Å². The van der Waals surface area contributed by atoms with Crippen molar-refractivity contribution in [1.82, 2.24) is 15.0 Å². The van der Waals surface area contributed by atoms with Gasteiger partial charge < -0.3 is 9.72 Å². The van der Waals surface area contributed by atoms with Gasteiger partial charge in [0.05, 0.1) is 30.1 Å². The molecule has 78 valence electrons. The first-order valence-corrected chi connectivity index (χ1v) is 4.77. The molecule has 0 amide bonds. The van der Waals surface area contributed by atoms with Crippen LogP contribution in [-0.2, 0) is 5.88 Å². The first kappa shape index (κ1) is 9.92. The number of nitrogens with one attached hydrogen (secondary N) is 1. The van der Waals surface area contributed by atoms with E-state index in [1.807, 2.05) is 0 Å². The highest BCUT2D eigenvalue weighted by Gasteiger charge is 2.05. The van der Waals surface area contributed by atoms with Gasteiger partial charge >= 0.3 is 0 Å². The van der Waals surface area contributed by atoms with Crippen LogP contribution in [0.5, 0.6) is 5.88 Å². The number of alkyl halides is 1. The third-order valence-corrected chi connectivity index (χ3v) is 2.20. The number of pyridine rings is 1. The van der Waals surface area contributed by atoms with Crippen LogP contribution in [0.4, 0.5) is 0 Å². The van der Waals surface area contributed by atoms with Gasteiger partial charge in [-0.25, -0.2) is 9.97 Å². The third kappa shape index (κ3) is 1.78. The predicted molar refractivity (Wildman–Crippen MR) is 56.3 cm³/mol. The summed E-state index contributed by atoms with van der Waals surface area (Å²) in [4.78, 5) is 22.2. The molecule has 0 aliphatic rings. The number of ether oxygens (including phenoxy) is 1. The van der Waals surface area contributed by atoms with Crippen LogP contribution >= 0.6 is 11.6 Å². The summed E-state index contributed by atoms with van der Waals surface area (Å²) < 4.78 is 4.92. The van der Waals surface area contributed by atoms with E-state index in [0.29, 0.717) is 22.6 Å². The molecule has 0 aliphatic heterocycles. The van der Waals surface area contributed by atoms with Crippen LogP contribution in [0.15, 0.2) is 17.1 Å². The van der Waals surface area contributed by atoms with Gasteiger partial charge in [0.2, 0.25) is 5.88 Å². The second kappa shape index (κ2) is 3.86. The maximum atomic E-state index is 11.6. The molecule has 0 aromatic carbocycles. The first-order valence-electron chi connectivity index (χ1n) is 4.23. The maximum absolute atomic E-state index is 11.6. The van der Waals surface area contributed by atoms with Crippen molar-refractivity contribution in [3.05, 3.63) is 28.4 Å². The Hall–Kier alpha value is -1.62. The molecule has 0 fully saturated rings. The summed E-state index contributed by atoms with van der Waals surface area (Å²) in [6, 6.07) is 1.54. The number of aromatic amines is 1. The van der Waals surface area contributed by atoms with Crippen LogP contribution in [0.1, 0.15) is 5.82 Å². The fourth-order valence-electron chi connectivity index (χ4n) is 1.25. The van der Waals surface area contributed by atoms with Crippen molar-refractivity contribution < 1.29 is 4.74 Å². The van der Waals surface area contributed by atoms with Crippen LogP contribution in [0.25, 0.3) is 10.9 Å². The number of fused-ring (bicyclic) bond motifs is 1. The summed E-state index contributed by atoms with van der Waals surface area (Å²) in [5.41, 5.74) is 0.270. The smallest absolute Gasteiger partial charge is 0.259 e. The van der Waals surface area contributed by atoms with Crippen LogP contribution in [-0.4, -0.2) is 22.1 Å². The number of H-pyrrole nitrogens is 1. The number of methoxy groups -OCH3 is 1. The molecule has 5 nitrogen and oxygen atoms in total. The van der Waals surface area contributed by atoms with Gasteiger partial charge in [0.15, 0.2) is 0 Å². The van der Waals surface area contributed by atoms with Gasteiger partial charge in [-0.05, 0) is 0 Å². The largest absolute Gasteiger partial charge is 0.481 e. The molecule has 0 spiro atoms. The number of rotatable bonds is 2. The minimum Gasteiger partial charge on any atom is -0.481 e. The minimum absolute atomic E-state index is 0.164. The van der Waals surface area contributed by atoms with E-state index in [-0.39, 0.29) is 11.4 Å². The maximum Gasteiger partial charge on any atom is 0.259 e. The van der Waals surface area contributed by atoms with Gasteiger partial charge in [-0.2, -0.15) is 0 Å². The zero-order valence-electron chi connectivity index (χ0n) is 7.95. The number of hydrogen-bond donors (Lipinski definition) is 1. The van der Waals surface area contributed by atoms with Gasteiger partial charge in [0, 0.05) is 6.07 Å². The summed E-state index contributed by atoms with van der Waals surface area (Å²) in [5, 5.41) is 0.440. The normalized spacial score (nSPS) is 10.5. The van der Waals surface area contributed by atoms with Crippen molar-refractivity contribution in [3.63, 3.8) is 0 Å². The summed E-state index contributed by atoms with van der Waals surface area (Å²) in [6.07, 6.45) is 1.49. The topological polar surface area (TPSA) is 67.9 Å². The lowest BCUT2D eigenvalue weighted by molar-refractivity contribution is 0.398. The molecule has 2 aromatic heterocycles. The second-order valence-corrected chi connectivity index (χ2v) is 3.16. The Morgan fingerprint density at radius 2 is 2.40 bits per heavy atom.